The fourth-order valence-electron chi connectivity index (χ4n) is 4.60. The third kappa shape index (κ3) is 6.43. The van der Waals surface area contributed by atoms with Crippen molar-refractivity contribution in [3.05, 3.63) is 36.4 Å². The van der Waals surface area contributed by atoms with E-state index < -0.39 is 18.0 Å². The number of halogens is 1. The van der Waals surface area contributed by atoms with Crippen molar-refractivity contribution in [2.45, 2.75) is 38.8 Å². The zero-order chi connectivity index (χ0) is 27.2. The standard InChI is InChI=1S/C24H32FN9O4/c1-16(35)27-14-20-15-34(24(37)38-20)19-3-4-22(21(25)13-19)32-7-5-18(6-8-32)29-30-23(28-26)33-11-9-31(10-12-33)17(2)36/h3-4,9,11,13,18,20,26,29H,5-8,10,12,14-15H2,1-2H3,(H,27,35)/p+1/b28-26?,30-23+/t20-/m0/s1. The van der Waals surface area contributed by atoms with Crippen LogP contribution in [0.15, 0.2) is 40.8 Å². The Morgan fingerprint density at radius 3 is 2.47 bits per heavy atom. The number of cyclic esters (lactones) is 1. The molecule has 0 radical (unpaired) electrons. The van der Waals surface area contributed by atoms with Crippen molar-refractivity contribution < 1.29 is 28.9 Å². The molecule has 1 aromatic rings. The van der Waals surface area contributed by atoms with E-state index >= 15 is 4.39 Å². The van der Waals surface area contributed by atoms with Gasteiger partial charge in [-0.1, -0.05) is 0 Å². The summed E-state index contributed by atoms with van der Waals surface area (Å²) in [6.07, 6.45) is 3.80. The summed E-state index contributed by atoms with van der Waals surface area (Å²) in [7, 11) is 0. The Labute approximate surface area is 219 Å². The molecule has 38 heavy (non-hydrogen) atoms. The van der Waals surface area contributed by atoms with Crippen molar-refractivity contribution in [3.63, 3.8) is 0 Å². The van der Waals surface area contributed by atoms with Crippen LogP contribution in [0, 0.1) is 11.3 Å². The van der Waals surface area contributed by atoms with Gasteiger partial charge >= 0.3 is 12.1 Å². The van der Waals surface area contributed by atoms with Crippen LogP contribution < -0.4 is 20.5 Å². The van der Waals surface area contributed by atoms with Crippen LogP contribution in [0.4, 0.5) is 20.6 Å². The molecule has 1 atom stereocenters. The molecular formula is C24H33FN9O4+. The van der Waals surface area contributed by atoms with E-state index in [0.29, 0.717) is 37.6 Å². The third-order valence-electron chi connectivity index (χ3n) is 6.75. The molecule has 0 aromatic heterocycles. The fraction of sp³-hybridized carbons (Fsp3) is 0.500. The lowest BCUT2D eigenvalue weighted by Crippen LogP contribution is -2.86. The average Bonchev–Trinajstić information content (AvgIpc) is 3.29. The number of quaternary nitrogens is 1. The van der Waals surface area contributed by atoms with Crippen LogP contribution >= 0.6 is 0 Å². The van der Waals surface area contributed by atoms with Gasteiger partial charge in [-0.15, -0.1) is 5.11 Å². The summed E-state index contributed by atoms with van der Waals surface area (Å²) in [5.74, 6) is -0.421. The van der Waals surface area contributed by atoms with E-state index in [-0.39, 0.29) is 36.9 Å². The molecule has 0 saturated carbocycles. The summed E-state index contributed by atoms with van der Waals surface area (Å²) in [6.45, 7) is 5.58. The minimum Gasteiger partial charge on any atom is -0.442 e. The Bertz CT molecular complexity index is 1140. The quantitative estimate of drug-likeness (QED) is 0.162. The third-order valence-corrected chi connectivity index (χ3v) is 6.75. The maximum atomic E-state index is 15.1. The van der Waals surface area contributed by atoms with E-state index in [9.17, 15) is 14.4 Å². The Morgan fingerprint density at radius 1 is 1.16 bits per heavy atom. The van der Waals surface area contributed by atoms with Crippen LogP contribution in [-0.2, 0) is 14.3 Å². The molecule has 0 bridgehead atoms. The number of hydrogen-bond acceptors (Lipinski definition) is 7. The first-order valence-electron chi connectivity index (χ1n) is 12.5. The number of nitrogens with two attached hydrogens (primary N) is 1. The minimum absolute atomic E-state index is 0.0440. The number of rotatable bonds is 6. The maximum Gasteiger partial charge on any atom is 0.414 e. The Morgan fingerprint density at radius 2 is 1.87 bits per heavy atom. The van der Waals surface area contributed by atoms with Crippen LogP contribution in [0.3, 0.4) is 0 Å². The van der Waals surface area contributed by atoms with Crippen molar-refractivity contribution >= 4 is 35.2 Å². The van der Waals surface area contributed by atoms with Gasteiger partial charge in [0.1, 0.15) is 18.0 Å². The molecule has 3 aliphatic heterocycles. The van der Waals surface area contributed by atoms with Gasteiger partial charge in [-0.2, -0.15) is 0 Å². The zero-order valence-electron chi connectivity index (χ0n) is 21.5. The first-order chi connectivity index (χ1) is 18.2. The molecular weight excluding hydrogens is 497 g/mol. The number of carbonyl (C=O) groups is 3. The van der Waals surface area contributed by atoms with Crippen molar-refractivity contribution in [3.8, 4) is 0 Å². The van der Waals surface area contributed by atoms with E-state index in [0.717, 1.165) is 12.8 Å². The van der Waals surface area contributed by atoms with E-state index in [4.69, 9.17) is 10.3 Å². The molecule has 3 amide bonds. The van der Waals surface area contributed by atoms with Gasteiger partial charge in [-0.25, -0.2) is 20.1 Å². The second kappa shape index (κ2) is 12.0. The van der Waals surface area contributed by atoms with Gasteiger partial charge in [-0.3, -0.25) is 14.5 Å². The molecule has 1 aromatic carbocycles. The Hall–Kier alpha value is -4.07. The lowest BCUT2D eigenvalue weighted by Gasteiger charge is -2.32. The normalized spacial score (nSPS) is 20.6. The lowest BCUT2D eigenvalue weighted by atomic mass is 10.0. The van der Waals surface area contributed by atoms with Gasteiger partial charge in [0.2, 0.25) is 11.8 Å². The SMILES string of the molecule is CC(=O)NC[C@H]1CN(c2ccc(N3CCC([NH2+]/N=C(\N=N)N4C=CN(C(C)=O)CC4)CC3)c(F)c2)C(=O)O1. The van der Waals surface area contributed by atoms with Gasteiger partial charge in [0.15, 0.2) is 0 Å². The molecule has 0 aliphatic carbocycles. The van der Waals surface area contributed by atoms with Crippen molar-refractivity contribution in [2.75, 3.05) is 49.1 Å². The van der Waals surface area contributed by atoms with Crippen LogP contribution in [0.2, 0.25) is 0 Å². The molecule has 204 valence electrons. The summed E-state index contributed by atoms with van der Waals surface area (Å²) >= 11 is 0. The Kier molecular flexibility index (Phi) is 8.51. The number of ether oxygens (including phenoxy) is 1. The number of nitrogens with zero attached hydrogens (tertiary/aromatic N) is 6. The first-order valence-corrected chi connectivity index (χ1v) is 12.5. The minimum atomic E-state index is -0.570. The average molecular weight is 531 g/mol. The monoisotopic (exact) mass is 530 g/mol. The van der Waals surface area contributed by atoms with Crippen LogP contribution in [-0.4, -0.2) is 85.1 Å². The summed E-state index contributed by atoms with van der Waals surface area (Å²) in [5, 5.41) is 10.6. The number of benzene rings is 1. The van der Waals surface area contributed by atoms with Crippen molar-refractivity contribution in [2.24, 2.45) is 10.2 Å². The van der Waals surface area contributed by atoms with Crippen LogP contribution in [0.25, 0.3) is 0 Å². The zero-order valence-corrected chi connectivity index (χ0v) is 21.5. The number of piperidine rings is 1. The number of guanidine groups is 1. The van der Waals surface area contributed by atoms with E-state index in [2.05, 4.69) is 15.5 Å². The van der Waals surface area contributed by atoms with Crippen molar-refractivity contribution in [1.82, 2.24) is 15.1 Å². The smallest absolute Gasteiger partial charge is 0.414 e. The van der Waals surface area contributed by atoms with Gasteiger partial charge < -0.3 is 24.8 Å². The molecule has 0 unspecified atom stereocenters. The maximum absolute atomic E-state index is 15.1. The van der Waals surface area contributed by atoms with Gasteiger partial charge in [-0.05, 0) is 23.3 Å². The topological polar surface area (TPSA) is 151 Å². The van der Waals surface area contributed by atoms with Crippen molar-refractivity contribution in [1.29, 1.82) is 5.53 Å². The predicted molar refractivity (Wildman–Crippen MR) is 136 cm³/mol. The fourth-order valence-corrected chi connectivity index (χ4v) is 4.60. The van der Waals surface area contributed by atoms with Gasteiger partial charge in [0, 0.05) is 65.3 Å². The molecule has 3 heterocycles. The summed E-state index contributed by atoms with van der Waals surface area (Å²) in [6, 6.07) is 4.87. The second-order valence-electron chi connectivity index (χ2n) is 9.41. The highest BCUT2D eigenvalue weighted by Crippen LogP contribution is 2.29. The number of hydrogen-bond donors (Lipinski definition) is 3. The second-order valence-corrected chi connectivity index (χ2v) is 9.41. The summed E-state index contributed by atoms with van der Waals surface area (Å²) < 4.78 is 20.3. The molecule has 4 N–H and O–H groups in total. The molecule has 2 fully saturated rings. The molecule has 14 heteroatoms. The highest BCUT2D eigenvalue weighted by Gasteiger charge is 2.33. The summed E-state index contributed by atoms with van der Waals surface area (Å²) in [5.41, 5.74) is 10.1. The number of nitrogens with one attached hydrogen (secondary N) is 2. The lowest BCUT2D eigenvalue weighted by molar-refractivity contribution is -0.697. The van der Waals surface area contributed by atoms with Crippen LogP contribution in [0.1, 0.15) is 26.7 Å². The number of anilines is 2. The van der Waals surface area contributed by atoms with E-state index in [1.54, 1.807) is 39.8 Å². The highest BCUT2D eigenvalue weighted by molar-refractivity contribution is 5.90. The van der Waals surface area contributed by atoms with Crippen LogP contribution in [0.5, 0.6) is 0 Å². The van der Waals surface area contributed by atoms with E-state index in [1.807, 2.05) is 4.90 Å². The Balaban J connectivity index is 1.30. The molecule has 2 saturated heterocycles. The molecule has 0 spiro atoms. The largest absolute Gasteiger partial charge is 0.442 e. The molecule has 13 nitrogen and oxygen atoms in total. The molecule has 4 rings (SSSR count). The van der Waals surface area contributed by atoms with E-state index in [1.165, 1.54) is 24.8 Å². The first kappa shape index (κ1) is 27.0. The van der Waals surface area contributed by atoms with Gasteiger partial charge in [0.05, 0.1) is 24.5 Å². The number of amides is 3. The predicted octanol–water partition coefficient (Wildman–Crippen LogP) is 0.756. The number of carbonyl (C=O) groups excluding carboxylic acids is 3. The summed E-state index contributed by atoms with van der Waals surface area (Å²) in [4.78, 5) is 41.5. The molecule has 3 aliphatic rings. The highest BCUT2D eigenvalue weighted by atomic mass is 19.1. The van der Waals surface area contributed by atoms with Gasteiger partial charge in [0.25, 0.3) is 0 Å².